The summed E-state index contributed by atoms with van der Waals surface area (Å²) in [6.07, 6.45) is 0. The summed E-state index contributed by atoms with van der Waals surface area (Å²) in [5, 5.41) is 21.3. The van der Waals surface area contributed by atoms with Crippen molar-refractivity contribution in [2.75, 3.05) is 0 Å². The number of carbonyl (C=O) groups excluding carboxylic acids is 1. The van der Waals surface area contributed by atoms with Crippen molar-refractivity contribution in [3.05, 3.63) is 24.8 Å². The molecule has 0 saturated carbocycles. The summed E-state index contributed by atoms with van der Waals surface area (Å²) in [6, 6.07) is 2.78. The van der Waals surface area contributed by atoms with E-state index >= 15 is 0 Å². The van der Waals surface area contributed by atoms with E-state index in [0.29, 0.717) is 3.57 Å². The predicted molar refractivity (Wildman–Crippen MR) is 87.3 cm³/mol. The Morgan fingerprint density at radius 2 is 1.84 bits per heavy atom. The topological polar surface area (TPSA) is 86.6 Å². The number of benzene rings is 1. The Labute approximate surface area is 138 Å². The SMILES string of the molecule is CC(NC(=O)c1cc(I)cc(I)c1O)C(C)C(=O)O. The Bertz CT molecular complexity index is 519. The molecule has 0 aliphatic rings. The highest BCUT2D eigenvalue weighted by Crippen LogP contribution is 2.27. The molecule has 1 aromatic rings. The minimum absolute atomic E-state index is 0.0892. The number of carboxylic acid groups (broad SMARTS) is 1. The van der Waals surface area contributed by atoms with Crippen LogP contribution in [0.4, 0.5) is 0 Å². The minimum Gasteiger partial charge on any atom is -0.506 e. The van der Waals surface area contributed by atoms with Crippen LogP contribution in [0.2, 0.25) is 0 Å². The summed E-state index contributed by atoms with van der Waals surface area (Å²) in [7, 11) is 0. The second-order valence-corrected chi connectivity index (χ2v) is 6.58. The first-order valence-electron chi connectivity index (χ1n) is 5.45. The second kappa shape index (κ2) is 6.73. The first-order valence-corrected chi connectivity index (χ1v) is 7.61. The molecule has 2 unspecified atom stereocenters. The number of carboxylic acids is 1. The van der Waals surface area contributed by atoms with Gasteiger partial charge in [-0.25, -0.2) is 0 Å². The van der Waals surface area contributed by atoms with E-state index in [1.54, 1.807) is 19.1 Å². The van der Waals surface area contributed by atoms with Crippen molar-refractivity contribution in [3.63, 3.8) is 0 Å². The Kier molecular flexibility index (Phi) is 5.83. The van der Waals surface area contributed by atoms with Gasteiger partial charge in [-0.2, -0.15) is 0 Å². The molecule has 1 rings (SSSR count). The average molecular weight is 489 g/mol. The lowest BCUT2D eigenvalue weighted by Gasteiger charge is -2.18. The van der Waals surface area contributed by atoms with Gasteiger partial charge in [0.05, 0.1) is 15.1 Å². The third-order valence-electron chi connectivity index (χ3n) is 2.77. The maximum Gasteiger partial charge on any atom is 0.308 e. The molecule has 0 heterocycles. The molecule has 2 atom stereocenters. The van der Waals surface area contributed by atoms with E-state index in [1.165, 1.54) is 6.92 Å². The molecule has 7 heteroatoms. The number of halogens is 2. The number of hydrogen-bond donors (Lipinski definition) is 3. The normalized spacial score (nSPS) is 13.7. The van der Waals surface area contributed by atoms with Gasteiger partial charge in [0.2, 0.25) is 0 Å². The quantitative estimate of drug-likeness (QED) is 0.568. The lowest BCUT2D eigenvalue weighted by molar-refractivity contribution is -0.141. The molecule has 0 spiro atoms. The second-order valence-electron chi connectivity index (χ2n) is 4.17. The smallest absolute Gasteiger partial charge is 0.308 e. The molecule has 0 saturated heterocycles. The molecule has 1 amide bonds. The minimum atomic E-state index is -0.978. The van der Waals surface area contributed by atoms with Gasteiger partial charge < -0.3 is 15.5 Å². The monoisotopic (exact) mass is 489 g/mol. The fraction of sp³-hybridized carbons (Fsp3) is 0.333. The van der Waals surface area contributed by atoms with Gasteiger partial charge in [0.25, 0.3) is 5.91 Å². The van der Waals surface area contributed by atoms with Crippen molar-refractivity contribution in [2.24, 2.45) is 5.92 Å². The number of rotatable bonds is 4. The highest BCUT2D eigenvalue weighted by molar-refractivity contribution is 14.1. The van der Waals surface area contributed by atoms with Crippen molar-refractivity contribution >= 4 is 57.1 Å². The number of phenolic OH excluding ortho intramolecular Hbond substituents is 1. The lowest BCUT2D eigenvalue weighted by atomic mass is 10.0. The Morgan fingerprint density at radius 3 is 2.37 bits per heavy atom. The zero-order valence-electron chi connectivity index (χ0n) is 10.3. The van der Waals surface area contributed by atoms with Crippen molar-refractivity contribution in [2.45, 2.75) is 19.9 Å². The van der Waals surface area contributed by atoms with E-state index < -0.39 is 23.8 Å². The van der Waals surface area contributed by atoms with Crippen molar-refractivity contribution in [1.29, 1.82) is 0 Å². The zero-order valence-corrected chi connectivity index (χ0v) is 14.6. The largest absolute Gasteiger partial charge is 0.506 e. The molecule has 0 fully saturated rings. The molecular weight excluding hydrogens is 476 g/mol. The Balaban J connectivity index is 2.93. The summed E-state index contributed by atoms with van der Waals surface area (Å²) in [5.74, 6) is -2.24. The summed E-state index contributed by atoms with van der Waals surface area (Å²) < 4.78 is 1.40. The molecule has 1 aromatic carbocycles. The first kappa shape index (κ1) is 16.5. The molecular formula is C12H13I2NO4. The van der Waals surface area contributed by atoms with E-state index in [1.807, 2.05) is 45.2 Å². The van der Waals surface area contributed by atoms with Crippen molar-refractivity contribution in [3.8, 4) is 5.75 Å². The van der Waals surface area contributed by atoms with Crippen LogP contribution >= 0.6 is 45.2 Å². The number of aliphatic carboxylic acids is 1. The van der Waals surface area contributed by atoms with E-state index in [-0.39, 0.29) is 11.3 Å². The molecule has 104 valence electrons. The van der Waals surface area contributed by atoms with Crippen LogP contribution < -0.4 is 5.32 Å². The number of amides is 1. The molecule has 0 bridgehead atoms. The van der Waals surface area contributed by atoms with Crippen molar-refractivity contribution < 1.29 is 19.8 Å². The molecule has 3 N–H and O–H groups in total. The van der Waals surface area contributed by atoms with Gasteiger partial charge in [-0.05, 0) is 71.2 Å². The van der Waals surface area contributed by atoms with E-state index in [4.69, 9.17) is 5.11 Å². The van der Waals surface area contributed by atoms with Gasteiger partial charge in [0.1, 0.15) is 5.75 Å². The van der Waals surface area contributed by atoms with Gasteiger partial charge in [0, 0.05) is 9.61 Å². The standard InChI is InChI=1S/C12H13I2NO4/c1-5(12(18)19)6(2)15-11(17)8-3-7(13)4-9(14)10(8)16/h3-6,16H,1-2H3,(H,15,17)(H,18,19). The molecule has 0 aliphatic carbocycles. The van der Waals surface area contributed by atoms with Crippen LogP contribution in [-0.2, 0) is 4.79 Å². The van der Waals surface area contributed by atoms with Gasteiger partial charge in [-0.3, -0.25) is 9.59 Å². The number of hydrogen-bond acceptors (Lipinski definition) is 3. The van der Waals surface area contributed by atoms with Gasteiger partial charge >= 0.3 is 5.97 Å². The van der Waals surface area contributed by atoms with Crippen LogP contribution in [0.25, 0.3) is 0 Å². The number of nitrogens with one attached hydrogen (secondary N) is 1. The van der Waals surface area contributed by atoms with E-state index in [2.05, 4.69) is 5.32 Å². The zero-order chi connectivity index (χ0) is 14.7. The lowest BCUT2D eigenvalue weighted by Crippen LogP contribution is -2.40. The third-order valence-corrected chi connectivity index (χ3v) is 4.22. The van der Waals surface area contributed by atoms with E-state index in [0.717, 1.165) is 3.57 Å². The maximum absolute atomic E-state index is 12.0. The van der Waals surface area contributed by atoms with Crippen LogP contribution in [0.1, 0.15) is 24.2 Å². The number of carbonyl (C=O) groups is 2. The summed E-state index contributed by atoms with van der Waals surface area (Å²) in [6.45, 7) is 3.14. The highest BCUT2D eigenvalue weighted by atomic mass is 127. The third kappa shape index (κ3) is 4.20. The summed E-state index contributed by atoms with van der Waals surface area (Å²) in [5.41, 5.74) is 0.153. The fourth-order valence-corrected chi connectivity index (χ4v) is 3.21. The number of aromatic hydroxyl groups is 1. The summed E-state index contributed by atoms with van der Waals surface area (Å²) in [4.78, 5) is 22.9. The van der Waals surface area contributed by atoms with E-state index in [9.17, 15) is 14.7 Å². The predicted octanol–water partition coefficient (Wildman–Crippen LogP) is 2.44. The Morgan fingerprint density at radius 1 is 1.26 bits per heavy atom. The fourth-order valence-electron chi connectivity index (χ4n) is 1.36. The highest BCUT2D eigenvalue weighted by Gasteiger charge is 2.23. The maximum atomic E-state index is 12.0. The molecule has 0 radical (unpaired) electrons. The molecule has 5 nitrogen and oxygen atoms in total. The summed E-state index contributed by atoms with van der Waals surface area (Å²) >= 11 is 3.99. The van der Waals surface area contributed by atoms with Crippen LogP contribution in [0.15, 0.2) is 12.1 Å². The first-order chi connectivity index (χ1) is 8.73. The number of phenols is 1. The Hall–Kier alpha value is -0.580. The average Bonchev–Trinajstić information content (AvgIpc) is 2.32. The van der Waals surface area contributed by atoms with Crippen LogP contribution in [0.5, 0.6) is 5.75 Å². The molecule has 0 aromatic heterocycles. The van der Waals surface area contributed by atoms with Gasteiger partial charge in [-0.1, -0.05) is 0 Å². The van der Waals surface area contributed by atoms with Crippen molar-refractivity contribution in [1.82, 2.24) is 5.32 Å². The van der Waals surface area contributed by atoms with Crippen LogP contribution in [0.3, 0.4) is 0 Å². The van der Waals surface area contributed by atoms with Crippen LogP contribution in [0, 0.1) is 13.1 Å². The molecule has 0 aliphatic heterocycles. The van der Waals surface area contributed by atoms with Gasteiger partial charge in [-0.15, -0.1) is 0 Å². The molecule has 19 heavy (non-hydrogen) atoms. The van der Waals surface area contributed by atoms with Gasteiger partial charge in [0.15, 0.2) is 0 Å². The van der Waals surface area contributed by atoms with Crippen LogP contribution in [-0.4, -0.2) is 28.1 Å².